The van der Waals surface area contributed by atoms with Crippen LogP contribution in [0, 0.1) is 0 Å². The Bertz CT molecular complexity index is 2490. The van der Waals surface area contributed by atoms with Gasteiger partial charge in [0.2, 0.25) is 0 Å². The maximum atomic E-state index is 13.7. The standard InChI is InChI=1S/4C13H8BrO.Sn/c4*14-12-8-6-11(7-9-12)13(15)10-4-2-1-3-5-10;/h4*2-9H;. The minimum absolute atomic E-state index is 0.0951. The van der Waals surface area contributed by atoms with Crippen LogP contribution < -0.4 is 14.3 Å². The quantitative estimate of drug-likeness (QED) is 0.0903. The average Bonchev–Trinajstić information content (AvgIpc) is 3.30. The summed E-state index contributed by atoms with van der Waals surface area (Å²) >= 11 is 9.33. The molecular weight excluding hydrogens is 1130 g/mol. The van der Waals surface area contributed by atoms with E-state index in [1.165, 1.54) is 0 Å². The van der Waals surface area contributed by atoms with Gasteiger partial charge < -0.3 is 0 Å². The average molecular weight is 1160 g/mol. The van der Waals surface area contributed by atoms with Crippen LogP contribution in [0.3, 0.4) is 0 Å². The molecule has 296 valence electrons. The van der Waals surface area contributed by atoms with Crippen molar-refractivity contribution in [2.75, 3.05) is 0 Å². The van der Waals surface area contributed by atoms with Crippen molar-refractivity contribution < 1.29 is 19.2 Å². The third-order valence-corrected chi connectivity index (χ3v) is 26.6. The van der Waals surface area contributed by atoms with Gasteiger partial charge in [-0.2, -0.15) is 0 Å². The van der Waals surface area contributed by atoms with Gasteiger partial charge in [-0.1, -0.05) is 0 Å². The van der Waals surface area contributed by atoms with Crippen molar-refractivity contribution in [3.8, 4) is 0 Å². The van der Waals surface area contributed by atoms with Crippen LogP contribution in [-0.2, 0) is 0 Å². The van der Waals surface area contributed by atoms with E-state index in [4.69, 9.17) is 0 Å². The number of benzene rings is 8. The molecule has 0 saturated heterocycles. The van der Waals surface area contributed by atoms with Crippen LogP contribution in [0.25, 0.3) is 0 Å². The minimum atomic E-state index is -4.52. The van der Waals surface area contributed by atoms with E-state index in [9.17, 15) is 19.2 Å². The molecule has 0 aliphatic rings. The summed E-state index contributed by atoms with van der Waals surface area (Å²) in [6, 6.07) is 60.7. The van der Waals surface area contributed by atoms with Gasteiger partial charge in [-0.25, -0.2) is 0 Å². The van der Waals surface area contributed by atoms with Crippen molar-refractivity contribution in [1.82, 2.24) is 0 Å². The predicted molar refractivity (Wildman–Crippen MR) is 260 cm³/mol. The van der Waals surface area contributed by atoms with Crippen LogP contribution >= 0.6 is 63.7 Å². The molecule has 0 atom stereocenters. The second-order valence-corrected chi connectivity index (χ2v) is 28.9. The molecule has 61 heavy (non-hydrogen) atoms. The number of hydrogen-bond acceptors (Lipinski definition) is 4. The molecule has 4 nitrogen and oxygen atoms in total. The van der Waals surface area contributed by atoms with E-state index in [1.807, 2.05) is 146 Å². The molecule has 9 heteroatoms. The molecule has 8 rings (SSSR count). The van der Waals surface area contributed by atoms with Gasteiger partial charge in [-0.05, 0) is 0 Å². The zero-order valence-corrected chi connectivity index (χ0v) is 41.3. The molecule has 0 unspecified atom stereocenters. The topological polar surface area (TPSA) is 68.3 Å². The second kappa shape index (κ2) is 18.6. The molecule has 0 spiro atoms. The number of halogens is 4. The summed E-state index contributed by atoms with van der Waals surface area (Å²) in [5.74, 6) is -0.380. The summed E-state index contributed by atoms with van der Waals surface area (Å²) in [5.41, 5.74) is 4.51. The van der Waals surface area contributed by atoms with Crippen molar-refractivity contribution in [1.29, 1.82) is 0 Å². The summed E-state index contributed by atoms with van der Waals surface area (Å²) in [6.45, 7) is 0. The van der Waals surface area contributed by atoms with Gasteiger partial charge in [-0.15, -0.1) is 0 Å². The van der Waals surface area contributed by atoms with Gasteiger partial charge in [0.05, 0.1) is 0 Å². The molecule has 0 N–H and O–H groups in total. The summed E-state index contributed by atoms with van der Waals surface area (Å²) in [5, 5.41) is 0. The molecule has 0 radical (unpaired) electrons. The Balaban J connectivity index is 1.30. The Morgan fingerprint density at radius 3 is 0.508 bits per heavy atom. The van der Waals surface area contributed by atoms with E-state index < -0.39 is 18.4 Å². The third kappa shape index (κ3) is 9.06. The van der Waals surface area contributed by atoms with Crippen LogP contribution in [0.5, 0.6) is 0 Å². The Kier molecular flexibility index (Phi) is 13.1. The fraction of sp³-hybridized carbons (Fsp3) is 0. The van der Waals surface area contributed by atoms with Crippen molar-refractivity contribution in [3.63, 3.8) is 0 Å². The molecule has 0 saturated carbocycles. The normalized spacial score (nSPS) is 11.2. The molecule has 0 fully saturated rings. The maximum absolute atomic E-state index is 13.7. The Hall–Kier alpha value is -4.84. The summed E-state index contributed by atoms with van der Waals surface area (Å²) in [4.78, 5) is 54.9. The second-order valence-electron chi connectivity index (χ2n) is 14.4. The van der Waals surface area contributed by atoms with Crippen molar-refractivity contribution in [2.24, 2.45) is 0 Å². The Morgan fingerprint density at radius 1 is 0.230 bits per heavy atom. The third-order valence-electron chi connectivity index (χ3n) is 10.7. The number of carbonyl (C=O) groups is 4. The van der Waals surface area contributed by atoms with Crippen LogP contribution in [0.4, 0.5) is 0 Å². The monoisotopic (exact) mass is 1160 g/mol. The first-order chi connectivity index (χ1) is 29.5. The molecule has 8 aromatic carbocycles. The molecule has 0 bridgehead atoms. The van der Waals surface area contributed by atoms with Gasteiger partial charge in [0.25, 0.3) is 0 Å². The Morgan fingerprint density at radius 2 is 0.361 bits per heavy atom. The van der Waals surface area contributed by atoms with Crippen molar-refractivity contribution in [3.05, 3.63) is 257 Å². The van der Waals surface area contributed by atoms with Crippen LogP contribution in [0.1, 0.15) is 63.7 Å². The van der Waals surface area contributed by atoms with Crippen LogP contribution in [0.15, 0.2) is 212 Å². The molecule has 0 amide bonds. The molecular formula is C52H32Br4O4Sn. The zero-order valence-electron chi connectivity index (χ0n) is 32.1. The van der Waals surface area contributed by atoms with Crippen molar-refractivity contribution >= 4 is 120 Å². The summed E-state index contributed by atoms with van der Waals surface area (Å²) < 4.78 is 7.68. The first-order valence-electron chi connectivity index (χ1n) is 19.1. The number of carbonyl (C=O) groups excluding carboxylic acids is 4. The zero-order chi connectivity index (χ0) is 42.7. The summed E-state index contributed by atoms with van der Waals surface area (Å²) in [6.07, 6.45) is 0. The van der Waals surface area contributed by atoms with E-state index in [0.29, 0.717) is 44.5 Å². The molecule has 0 aliphatic heterocycles. The van der Waals surface area contributed by atoms with Gasteiger partial charge in [0, 0.05) is 0 Å². The van der Waals surface area contributed by atoms with Gasteiger partial charge in [0.1, 0.15) is 0 Å². The van der Waals surface area contributed by atoms with Gasteiger partial charge in [-0.3, -0.25) is 0 Å². The SMILES string of the molecule is O=C(c1ccc(Br)cc1)c1cc[c]([Sn]([c]2ccc(C(=O)c3ccc(Br)cc3)cc2)([c]2ccc(C(=O)c3ccc(Br)cc3)cc2)[c]2ccc(C(=O)c3ccc(Br)cc3)cc2)cc1. The van der Waals surface area contributed by atoms with Crippen LogP contribution in [0.2, 0.25) is 0 Å². The fourth-order valence-corrected chi connectivity index (χ4v) is 21.9. The van der Waals surface area contributed by atoms with Crippen molar-refractivity contribution in [2.45, 2.75) is 0 Å². The first kappa shape index (κ1) is 42.8. The number of rotatable bonds is 12. The summed E-state index contributed by atoms with van der Waals surface area (Å²) in [7, 11) is 0. The first-order valence-corrected chi connectivity index (χ1v) is 28.0. The van der Waals surface area contributed by atoms with E-state index in [0.717, 1.165) is 32.2 Å². The number of hydrogen-bond donors (Lipinski definition) is 0. The van der Waals surface area contributed by atoms with E-state index in [-0.39, 0.29) is 23.1 Å². The molecule has 0 heterocycles. The molecule has 0 aliphatic carbocycles. The predicted octanol–water partition coefficient (Wildman–Crippen LogP) is 11.0. The van der Waals surface area contributed by atoms with Gasteiger partial charge >= 0.3 is 395 Å². The van der Waals surface area contributed by atoms with Crippen LogP contribution in [-0.4, -0.2) is 41.5 Å². The van der Waals surface area contributed by atoms with E-state index in [1.54, 1.807) is 48.5 Å². The number of ketones is 4. The van der Waals surface area contributed by atoms with E-state index >= 15 is 0 Å². The fourth-order valence-electron chi connectivity index (χ4n) is 7.56. The Labute approximate surface area is 391 Å². The molecule has 8 aromatic rings. The van der Waals surface area contributed by atoms with E-state index in [2.05, 4.69) is 63.7 Å². The van der Waals surface area contributed by atoms with Gasteiger partial charge in [0.15, 0.2) is 0 Å². The molecule has 0 aromatic heterocycles.